The van der Waals surface area contributed by atoms with Crippen molar-refractivity contribution in [1.29, 1.82) is 0 Å². The molecule has 0 aromatic heterocycles. The lowest BCUT2D eigenvalue weighted by atomic mass is 11.5. The van der Waals surface area contributed by atoms with Crippen LogP contribution in [0.3, 0.4) is 0 Å². The highest BCUT2D eigenvalue weighted by Crippen LogP contribution is 2.27. The van der Waals surface area contributed by atoms with E-state index in [4.69, 9.17) is 0 Å². The van der Waals surface area contributed by atoms with Gasteiger partial charge in [-0.15, -0.1) is 0 Å². The minimum absolute atomic E-state index is 0. The summed E-state index contributed by atoms with van der Waals surface area (Å²) in [5, 5.41) is 0. The van der Waals surface area contributed by atoms with Crippen molar-refractivity contribution >= 4 is 8.07 Å². The standard InChI is InChI=1S/C4H9F3Si.3FH/c1-8(2,3)4(5,6)7;;;/h1-3H3;3*1H. The summed E-state index contributed by atoms with van der Waals surface area (Å²) in [6, 6.07) is 0. The van der Waals surface area contributed by atoms with Gasteiger partial charge in [-0.1, -0.05) is 19.6 Å². The average molecular weight is 202 g/mol. The first-order chi connectivity index (χ1) is 3.25. The number of hydrogen-bond acceptors (Lipinski definition) is 0. The van der Waals surface area contributed by atoms with Gasteiger partial charge in [0.2, 0.25) is 0 Å². The van der Waals surface area contributed by atoms with Gasteiger partial charge in [-0.05, 0) is 0 Å². The normalized spacial score (nSPS) is 10.4. The molecule has 0 aliphatic heterocycles. The fourth-order valence-electron chi connectivity index (χ4n) is 0. The van der Waals surface area contributed by atoms with Crippen LogP contribution in [0.15, 0.2) is 0 Å². The number of hydrogen-bond donors (Lipinski definition) is 0. The molecule has 0 nitrogen and oxygen atoms in total. The van der Waals surface area contributed by atoms with E-state index in [9.17, 15) is 13.2 Å². The van der Waals surface area contributed by atoms with Gasteiger partial charge in [-0.2, -0.15) is 13.2 Å². The molecule has 0 unspecified atom stereocenters. The molecule has 0 saturated carbocycles. The molecular formula is C4H12F6Si. The SMILES string of the molecule is C[Si](C)(C)C(F)(F)F.F.F.F. The monoisotopic (exact) mass is 202 g/mol. The predicted octanol–water partition coefficient (Wildman–Crippen LogP) is 2.88. The van der Waals surface area contributed by atoms with Gasteiger partial charge in [0, 0.05) is 0 Å². The lowest BCUT2D eigenvalue weighted by Gasteiger charge is -2.19. The molecule has 0 spiro atoms. The van der Waals surface area contributed by atoms with Crippen molar-refractivity contribution in [2.75, 3.05) is 0 Å². The third-order valence-electron chi connectivity index (χ3n) is 0.850. The van der Waals surface area contributed by atoms with E-state index in [1.54, 1.807) is 0 Å². The zero-order valence-electron chi connectivity index (χ0n) is 6.36. The van der Waals surface area contributed by atoms with Crippen LogP contribution in [0.4, 0.5) is 27.3 Å². The van der Waals surface area contributed by atoms with Crippen LogP contribution in [-0.2, 0) is 0 Å². The van der Waals surface area contributed by atoms with Crippen LogP contribution in [0.5, 0.6) is 0 Å². The van der Waals surface area contributed by atoms with Crippen molar-refractivity contribution < 1.29 is 27.3 Å². The van der Waals surface area contributed by atoms with Crippen LogP contribution < -0.4 is 0 Å². The van der Waals surface area contributed by atoms with Gasteiger partial charge in [-0.25, -0.2) is 0 Å². The average Bonchev–Trinajstić information content (AvgIpc) is 1.25. The second kappa shape index (κ2) is 5.45. The third kappa shape index (κ3) is 7.70. The van der Waals surface area contributed by atoms with E-state index in [0.29, 0.717) is 0 Å². The maximum absolute atomic E-state index is 11.6. The molecule has 0 rings (SSSR count). The van der Waals surface area contributed by atoms with Crippen molar-refractivity contribution in [2.24, 2.45) is 0 Å². The highest BCUT2D eigenvalue weighted by Gasteiger charge is 2.44. The Balaban J connectivity index is -0.0000000817. The minimum Gasteiger partial charge on any atom is -0.269 e. The Bertz CT molecular complexity index is 69.6. The summed E-state index contributed by atoms with van der Waals surface area (Å²) in [6.07, 6.45) is 0. The van der Waals surface area contributed by atoms with Crippen LogP contribution in [0.25, 0.3) is 0 Å². The van der Waals surface area contributed by atoms with Gasteiger partial charge in [0.15, 0.2) is 8.07 Å². The van der Waals surface area contributed by atoms with Crippen molar-refractivity contribution in [2.45, 2.75) is 25.4 Å². The molecule has 0 N–H and O–H groups in total. The van der Waals surface area contributed by atoms with Crippen LogP contribution in [0, 0.1) is 0 Å². The van der Waals surface area contributed by atoms with Gasteiger partial charge in [0.25, 0.3) is 0 Å². The largest absolute Gasteiger partial charge is 0.360 e. The first kappa shape index (κ1) is 22.4. The molecule has 0 saturated heterocycles. The summed E-state index contributed by atoms with van der Waals surface area (Å²) in [5.41, 5.74) is 0. The molecule has 0 bridgehead atoms. The van der Waals surface area contributed by atoms with Crippen molar-refractivity contribution in [1.82, 2.24) is 0 Å². The predicted molar refractivity (Wildman–Crippen MR) is 36.9 cm³/mol. The summed E-state index contributed by atoms with van der Waals surface area (Å²) < 4.78 is 34.9. The van der Waals surface area contributed by atoms with Crippen molar-refractivity contribution in [3.05, 3.63) is 0 Å². The third-order valence-corrected chi connectivity index (χ3v) is 2.55. The highest BCUT2D eigenvalue weighted by molar-refractivity contribution is 6.77. The number of halogens is 6. The second-order valence-corrected chi connectivity index (χ2v) is 7.81. The van der Waals surface area contributed by atoms with Crippen LogP contribution in [-0.4, -0.2) is 13.9 Å². The van der Waals surface area contributed by atoms with E-state index in [1.807, 2.05) is 0 Å². The minimum atomic E-state index is -3.92. The molecule has 0 atom stereocenters. The maximum atomic E-state index is 11.6. The van der Waals surface area contributed by atoms with Gasteiger partial charge >= 0.3 is 5.80 Å². The fourth-order valence-corrected chi connectivity index (χ4v) is 0. The maximum Gasteiger partial charge on any atom is 0.360 e. The molecule has 0 heterocycles. The first-order valence-corrected chi connectivity index (χ1v) is 5.82. The molecule has 0 amide bonds. The summed E-state index contributed by atoms with van der Waals surface area (Å²) in [5.74, 6) is -3.92. The second-order valence-electron chi connectivity index (χ2n) is 2.75. The first-order valence-electron chi connectivity index (χ1n) is 2.32. The van der Waals surface area contributed by atoms with Gasteiger partial charge < -0.3 is 0 Å². The lowest BCUT2D eigenvalue weighted by Crippen LogP contribution is -2.40. The quantitative estimate of drug-likeness (QED) is 0.418. The van der Waals surface area contributed by atoms with Gasteiger partial charge in [0.1, 0.15) is 0 Å². The summed E-state index contributed by atoms with van der Waals surface area (Å²) in [4.78, 5) is 0. The summed E-state index contributed by atoms with van der Waals surface area (Å²) in [6.45, 7) is 3.85. The van der Waals surface area contributed by atoms with Crippen LogP contribution in [0.1, 0.15) is 0 Å². The van der Waals surface area contributed by atoms with E-state index < -0.39 is 13.9 Å². The Hall–Kier alpha value is -0.203. The highest BCUT2D eigenvalue weighted by atomic mass is 28.3. The lowest BCUT2D eigenvalue weighted by molar-refractivity contribution is -0.0552. The number of rotatable bonds is 0. The van der Waals surface area contributed by atoms with E-state index in [-0.39, 0.29) is 14.1 Å². The zero-order chi connectivity index (χ0) is 7.00. The summed E-state index contributed by atoms with van der Waals surface area (Å²) >= 11 is 0. The molecule has 0 aliphatic carbocycles. The molecule has 7 heteroatoms. The molecule has 0 fully saturated rings. The molecule has 74 valence electrons. The van der Waals surface area contributed by atoms with E-state index in [0.717, 1.165) is 0 Å². The molecule has 0 aromatic carbocycles. The van der Waals surface area contributed by atoms with E-state index >= 15 is 0 Å². The Labute approximate surface area is 61.9 Å². The smallest absolute Gasteiger partial charge is 0.269 e. The zero-order valence-corrected chi connectivity index (χ0v) is 7.36. The van der Waals surface area contributed by atoms with Crippen LogP contribution >= 0.6 is 0 Å². The molecule has 0 radical (unpaired) electrons. The molecular weight excluding hydrogens is 190 g/mol. The van der Waals surface area contributed by atoms with Crippen molar-refractivity contribution in [3.63, 3.8) is 0 Å². The number of alkyl halides is 3. The molecule has 0 aromatic rings. The Morgan fingerprint density at radius 3 is 0.909 bits per heavy atom. The topological polar surface area (TPSA) is 0 Å². The Morgan fingerprint density at radius 1 is 0.818 bits per heavy atom. The van der Waals surface area contributed by atoms with Crippen molar-refractivity contribution in [3.8, 4) is 0 Å². The van der Waals surface area contributed by atoms with Gasteiger partial charge in [-0.3, -0.25) is 14.1 Å². The van der Waals surface area contributed by atoms with E-state index in [1.165, 1.54) is 19.6 Å². The molecule has 0 aliphatic rings. The Morgan fingerprint density at radius 2 is 0.909 bits per heavy atom. The Kier molecular flexibility index (Phi) is 11.1. The van der Waals surface area contributed by atoms with E-state index in [2.05, 4.69) is 0 Å². The van der Waals surface area contributed by atoms with Crippen LogP contribution in [0.2, 0.25) is 19.6 Å². The summed E-state index contributed by atoms with van der Waals surface area (Å²) in [7, 11) is -2.86. The fraction of sp³-hybridized carbons (Fsp3) is 1.00. The molecule has 11 heavy (non-hydrogen) atoms. The van der Waals surface area contributed by atoms with Gasteiger partial charge in [0.05, 0.1) is 0 Å².